The standard InChI is InChI=1S/C21H30F3N3OSi/c1-19(2,3)15-12-17(25)26-27-18(15)14-10-9-13(21(22,23)24)11-16(14)28-29(7,8)20(4,5)6/h9-12H,1-8H3,(H2,25,26). The fourth-order valence-electron chi connectivity index (χ4n) is 2.58. The van der Waals surface area contributed by atoms with Crippen LogP contribution in [0.15, 0.2) is 24.3 Å². The molecule has 0 saturated heterocycles. The average Bonchev–Trinajstić information content (AvgIpc) is 2.52. The van der Waals surface area contributed by atoms with Gasteiger partial charge in [-0.1, -0.05) is 41.5 Å². The van der Waals surface area contributed by atoms with Crippen molar-refractivity contribution in [2.24, 2.45) is 0 Å². The zero-order valence-electron chi connectivity index (χ0n) is 18.3. The minimum atomic E-state index is -4.47. The third kappa shape index (κ3) is 5.10. The molecule has 0 amide bonds. The van der Waals surface area contributed by atoms with Gasteiger partial charge in [-0.15, -0.1) is 10.2 Å². The van der Waals surface area contributed by atoms with Gasteiger partial charge in [0.15, 0.2) is 0 Å². The smallest absolute Gasteiger partial charge is 0.416 e. The van der Waals surface area contributed by atoms with Crippen molar-refractivity contribution in [2.75, 3.05) is 5.73 Å². The van der Waals surface area contributed by atoms with Gasteiger partial charge in [0.25, 0.3) is 8.32 Å². The van der Waals surface area contributed by atoms with E-state index in [1.54, 1.807) is 6.07 Å². The van der Waals surface area contributed by atoms with Gasteiger partial charge < -0.3 is 10.2 Å². The first-order valence-electron chi connectivity index (χ1n) is 9.48. The molecule has 160 valence electrons. The molecule has 0 saturated carbocycles. The van der Waals surface area contributed by atoms with Crippen molar-refractivity contribution in [3.63, 3.8) is 0 Å². The molecular formula is C21H30F3N3OSi. The summed E-state index contributed by atoms with van der Waals surface area (Å²) in [5.41, 5.74) is 6.51. The van der Waals surface area contributed by atoms with E-state index in [0.717, 1.165) is 17.7 Å². The Morgan fingerprint density at radius 2 is 1.52 bits per heavy atom. The molecule has 0 bridgehead atoms. The summed E-state index contributed by atoms with van der Waals surface area (Å²) in [7, 11) is -2.41. The molecule has 2 rings (SSSR count). The van der Waals surface area contributed by atoms with Crippen LogP contribution in [0.5, 0.6) is 5.75 Å². The van der Waals surface area contributed by atoms with Crippen LogP contribution in [0.2, 0.25) is 18.1 Å². The first kappa shape index (κ1) is 23.2. The number of aromatic nitrogens is 2. The summed E-state index contributed by atoms with van der Waals surface area (Å²) in [6.07, 6.45) is -4.47. The topological polar surface area (TPSA) is 61.0 Å². The van der Waals surface area contributed by atoms with Crippen LogP contribution in [0, 0.1) is 0 Å². The zero-order valence-corrected chi connectivity index (χ0v) is 19.3. The van der Waals surface area contributed by atoms with E-state index in [-0.39, 0.29) is 22.0 Å². The summed E-state index contributed by atoms with van der Waals surface area (Å²) in [5.74, 6) is 0.438. The highest BCUT2D eigenvalue weighted by atomic mass is 28.4. The van der Waals surface area contributed by atoms with Gasteiger partial charge in [-0.2, -0.15) is 13.2 Å². The Bertz CT molecular complexity index is 898. The Morgan fingerprint density at radius 3 is 2.00 bits per heavy atom. The first-order chi connectivity index (χ1) is 12.9. The average molecular weight is 426 g/mol. The molecule has 2 aromatic rings. The molecule has 0 aliphatic carbocycles. The summed E-state index contributed by atoms with van der Waals surface area (Å²) in [6, 6.07) is 5.26. The van der Waals surface area contributed by atoms with E-state index in [1.165, 1.54) is 6.07 Å². The van der Waals surface area contributed by atoms with Crippen molar-refractivity contribution in [1.29, 1.82) is 0 Å². The molecular weight excluding hydrogens is 395 g/mol. The number of nitrogen functional groups attached to an aromatic ring is 1. The number of halogens is 3. The lowest BCUT2D eigenvalue weighted by Gasteiger charge is -2.37. The minimum absolute atomic E-state index is 0.177. The number of nitrogens with zero attached hydrogens (tertiary/aromatic N) is 2. The van der Waals surface area contributed by atoms with Crippen molar-refractivity contribution in [3.8, 4) is 17.0 Å². The predicted molar refractivity (Wildman–Crippen MR) is 113 cm³/mol. The fraction of sp³-hybridized carbons (Fsp3) is 0.524. The third-order valence-corrected chi connectivity index (χ3v) is 9.70. The highest BCUT2D eigenvalue weighted by molar-refractivity contribution is 6.74. The van der Waals surface area contributed by atoms with E-state index in [4.69, 9.17) is 10.2 Å². The lowest BCUT2D eigenvalue weighted by atomic mass is 9.84. The molecule has 0 radical (unpaired) electrons. The van der Waals surface area contributed by atoms with Crippen molar-refractivity contribution < 1.29 is 17.6 Å². The second kappa shape index (κ2) is 7.30. The number of hydrogen-bond acceptors (Lipinski definition) is 4. The number of rotatable bonds is 3. The molecule has 2 N–H and O–H groups in total. The van der Waals surface area contributed by atoms with Gasteiger partial charge in [0.05, 0.1) is 5.56 Å². The second-order valence-electron chi connectivity index (χ2n) is 9.85. The van der Waals surface area contributed by atoms with Gasteiger partial charge in [-0.25, -0.2) is 0 Å². The minimum Gasteiger partial charge on any atom is -0.543 e. The number of anilines is 1. The summed E-state index contributed by atoms with van der Waals surface area (Å²) < 4.78 is 46.5. The van der Waals surface area contributed by atoms with E-state index in [1.807, 2.05) is 54.6 Å². The third-order valence-electron chi connectivity index (χ3n) is 5.36. The summed E-state index contributed by atoms with van der Waals surface area (Å²) >= 11 is 0. The van der Waals surface area contributed by atoms with Crippen molar-refractivity contribution in [3.05, 3.63) is 35.4 Å². The SMILES string of the molecule is CC(C)(C)c1cc(N)nnc1-c1ccc(C(F)(F)F)cc1O[Si](C)(C)C(C)(C)C. The van der Waals surface area contributed by atoms with Crippen LogP contribution < -0.4 is 10.2 Å². The molecule has 29 heavy (non-hydrogen) atoms. The van der Waals surface area contributed by atoms with Gasteiger partial charge >= 0.3 is 6.18 Å². The maximum absolute atomic E-state index is 13.4. The van der Waals surface area contributed by atoms with Crippen LogP contribution in [0.1, 0.15) is 52.7 Å². The Kier molecular flexibility index (Phi) is 5.84. The van der Waals surface area contributed by atoms with Gasteiger partial charge in [-0.3, -0.25) is 0 Å². The van der Waals surface area contributed by atoms with Crippen LogP contribution in [-0.2, 0) is 11.6 Å². The molecule has 1 heterocycles. The molecule has 0 spiro atoms. The molecule has 0 aliphatic heterocycles. The molecule has 4 nitrogen and oxygen atoms in total. The highest BCUT2D eigenvalue weighted by Gasteiger charge is 2.40. The quantitative estimate of drug-likeness (QED) is 0.576. The van der Waals surface area contributed by atoms with Crippen LogP contribution in [0.25, 0.3) is 11.3 Å². The Hall–Kier alpha value is -2.09. The van der Waals surface area contributed by atoms with Gasteiger partial charge in [0.1, 0.15) is 17.3 Å². The normalized spacial score (nSPS) is 13.5. The lowest BCUT2D eigenvalue weighted by Crippen LogP contribution is -2.44. The van der Waals surface area contributed by atoms with Crippen molar-refractivity contribution >= 4 is 14.1 Å². The first-order valence-corrected chi connectivity index (χ1v) is 12.4. The molecule has 1 aromatic heterocycles. The Morgan fingerprint density at radius 1 is 0.931 bits per heavy atom. The zero-order chi connectivity index (χ0) is 22.4. The highest BCUT2D eigenvalue weighted by Crippen LogP contribution is 2.44. The molecule has 1 aromatic carbocycles. The summed E-state index contributed by atoms with van der Waals surface area (Å²) in [5, 5.41) is 8.00. The van der Waals surface area contributed by atoms with Crippen LogP contribution in [0.4, 0.5) is 19.0 Å². The van der Waals surface area contributed by atoms with E-state index >= 15 is 0 Å². The molecule has 8 heteroatoms. The van der Waals surface area contributed by atoms with Crippen molar-refractivity contribution in [1.82, 2.24) is 10.2 Å². The second-order valence-corrected chi connectivity index (χ2v) is 14.6. The van der Waals surface area contributed by atoms with Crippen LogP contribution >= 0.6 is 0 Å². The molecule has 0 aliphatic rings. The lowest BCUT2D eigenvalue weighted by molar-refractivity contribution is -0.137. The van der Waals surface area contributed by atoms with E-state index in [2.05, 4.69) is 10.2 Å². The van der Waals surface area contributed by atoms with Crippen molar-refractivity contribution in [2.45, 2.75) is 71.3 Å². The largest absolute Gasteiger partial charge is 0.543 e. The Balaban J connectivity index is 2.77. The van der Waals surface area contributed by atoms with E-state index in [9.17, 15) is 13.2 Å². The number of benzene rings is 1. The Labute approximate surface area is 171 Å². The maximum Gasteiger partial charge on any atom is 0.416 e. The molecule has 0 unspecified atom stereocenters. The number of nitrogens with two attached hydrogens (primary N) is 1. The summed E-state index contributed by atoms with van der Waals surface area (Å²) in [4.78, 5) is 0. The van der Waals surface area contributed by atoms with E-state index in [0.29, 0.717) is 11.3 Å². The van der Waals surface area contributed by atoms with Gasteiger partial charge in [-0.05, 0) is 53.4 Å². The number of hydrogen-bond donors (Lipinski definition) is 1. The maximum atomic E-state index is 13.4. The van der Waals surface area contributed by atoms with Gasteiger partial charge in [0.2, 0.25) is 0 Å². The predicted octanol–water partition coefficient (Wildman–Crippen LogP) is 6.43. The molecule has 0 atom stereocenters. The number of alkyl halides is 3. The van der Waals surface area contributed by atoms with E-state index < -0.39 is 20.1 Å². The summed E-state index contributed by atoms with van der Waals surface area (Å²) in [6.45, 7) is 16.1. The van der Waals surface area contributed by atoms with Gasteiger partial charge in [0, 0.05) is 5.56 Å². The monoisotopic (exact) mass is 425 g/mol. The molecule has 0 fully saturated rings. The van der Waals surface area contributed by atoms with Crippen LogP contribution in [-0.4, -0.2) is 18.5 Å². The van der Waals surface area contributed by atoms with Crippen LogP contribution in [0.3, 0.4) is 0 Å². The fourth-order valence-corrected chi connectivity index (χ4v) is 3.61.